The highest BCUT2D eigenvalue weighted by Gasteiger charge is 2.39. The lowest BCUT2D eigenvalue weighted by atomic mass is 9.85. The first-order valence-corrected chi connectivity index (χ1v) is 15.7. The minimum absolute atomic E-state index is 0.0178. The molecule has 2 aliphatic heterocycles. The van der Waals surface area contributed by atoms with E-state index in [9.17, 15) is 14.4 Å². The van der Waals surface area contributed by atoms with Gasteiger partial charge in [-0.2, -0.15) is 0 Å². The summed E-state index contributed by atoms with van der Waals surface area (Å²) in [7, 11) is 0. The van der Waals surface area contributed by atoms with Gasteiger partial charge in [-0.05, 0) is 77.0 Å². The largest absolute Gasteiger partial charge is 0.460 e. The molecule has 2 aromatic rings. The molecule has 0 radical (unpaired) electrons. The summed E-state index contributed by atoms with van der Waals surface area (Å²) < 4.78 is 17.0. The van der Waals surface area contributed by atoms with Gasteiger partial charge in [-0.15, -0.1) is 0 Å². The Morgan fingerprint density at radius 3 is 2.05 bits per heavy atom. The third-order valence-electron chi connectivity index (χ3n) is 7.84. The normalized spacial score (nSPS) is 18.5. The summed E-state index contributed by atoms with van der Waals surface area (Å²) in [5, 5.41) is 0. The Morgan fingerprint density at radius 2 is 1.39 bits per heavy atom. The van der Waals surface area contributed by atoms with E-state index in [1.807, 2.05) is 77.9 Å². The number of hydrogen-bond acceptors (Lipinski definition) is 7. The molecule has 0 N–H and O–H groups in total. The highest BCUT2D eigenvalue weighted by atomic mass is 16.6. The number of piperazine rings is 1. The molecule has 0 aliphatic carbocycles. The SMILES string of the molecule is CC(C)(C)OC(=O)[C@@H](Cc1cccc(CN2CCN(C(=O)OCc3ccccc3)CC2)c1)[C@H]1CCN(C(=O)OC(C)(C)C)C1. The number of amides is 2. The number of carbonyl (C=O) groups excluding carboxylic acids is 3. The van der Waals surface area contributed by atoms with Crippen LogP contribution in [0.2, 0.25) is 0 Å². The fourth-order valence-electron chi connectivity index (χ4n) is 5.69. The van der Waals surface area contributed by atoms with E-state index in [1.165, 1.54) is 0 Å². The van der Waals surface area contributed by atoms with Crippen LogP contribution in [0.5, 0.6) is 0 Å². The van der Waals surface area contributed by atoms with Crippen molar-refractivity contribution < 1.29 is 28.6 Å². The Hall–Kier alpha value is -3.59. The van der Waals surface area contributed by atoms with E-state index >= 15 is 0 Å². The molecule has 2 heterocycles. The topological polar surface area (TPSA) is 88.6 Å². The molecule has 240 valence electrons. The Labute approximate surface area is 262 Å². The zero-order chi connectivity index (χ0) is 31.9. The first-order chi connectivity index (χ1) is 20.8. The summed E-state index contributed by atoms with van der Waals surface area (Å²) in [6, 6.07) is 18.1. The van der Waals surface area contributed by atoms with Gasteiger partial charge in [0.05, 0.1) is 5.92 Å². The van der Waals surface area contributed by atoms with Crippen LogP contribution in [-0.4, -0.2) is 83.3 Å². The van der Waals surface area contributed by atoms with Gasteiger partial charge in [0.25, 0.3) is 0 Å². The maximum absolute atomic E-state index is 13.5. The van der Waals surface area contributed by atoms with Crippen LogP contribution in [0.4, 0.5) is 9.59 Å². The maximum Gasteiger partial charge on any atom is 0.410 e. The summed E-state index contributed by atoms with van der Waals surface area (Å²) in [6.45, 7) is 16.0. The van der Waals surface area contributed by atoms with E-state index in [0.717, 1.165) is 42.7 Å². The Balaban J connectivity index is 1.34. The van der Waals surface area contributed by atoms with Crippen LogP contribution in [0.15, 0.2) is 54.6 Å². The summed E-state index contributed by atoms with van der Waals surface area (Å²) in [5.41, 5.74) is 2.03. The van der Waals surface area contributed by atoms with Gasteiger partial charge in [-0.3, -0.25) is 9.69 Å². The van der Waals surface area contributed by atoms with Crippen molar-refractivity contribution in [3.05, 3.63) is 71.3 Å². The molecule has 2 fully saturated rings. The van der Waals surface area contributed by atoms with Gasteiger partial charge in [0.1, 0.15) is 17.8 Å². The molecule has 2 atom stereocenters. The lowest BCUT2D eigenvalue weighted by Gasteiger charge is -2.34. The summed E-state index contributed by atoms with van der Waals surface area (Å²) >= 11 is 0. The molecule has 9 nitrogen and oxygen atoms in total. The molecule has 2 saturated heterocycles. The van der Waals surface area contributed by atoms with Crippen LogP contribution in [0, 0.1) is 11.8 Å². The van der Waals surface area contributed by atoms with Crippen LogP contribution in [-0.2, 0) is 38.6 Å². The van der Waals surface area contributed by atoms with Crippen molar-refractivity contribution in [2.24, 2.45) is 11.8 Å². The molecule has 2 amide bonds. The second-order valence-electron chi connectivity index (χ2n) is 13.9. The van der Waals surface area contributed by atoms with Crippen molar-refractivity contribution in [2.75, 3.05) is 39.3 Å². The molecule has 2 aliphatic rings. The average Bonchev–Trinajstić information content (AvgIpc) is 3.44. The minimum Gasteiger partial charge on any atom is -0.460 e. The van der Waals surface area contributed by atoms with Crippen LogP contribution >= 0.6 is 0 Å². The van der Waals surface area contributed by atoms with E-state index in [2.05, 4.69) is 23.1 Å². The predicted molar refractivity (Wildman–Crippen MR) is 169 cm³/mol. The highest BCUT2D eigenvalue weighted by molar-refractivity contribution is 5.74. The van der Waals surface area contributed by atoms with Gasteiger partial charge in [0, 0.05) is 45.8 Å². The van der Waals surface area contributed by atoms with Crippen molar-refractivity contribution in [2.45, 2.75) is 78.7 Å². The van der Waals surface area contributed by atoms with Gasteiger partial charge >= 0.3 is 18.2 Å². The number of hydrogen-bond donors (Lipinski definition) is 0. The molecule has 0 spiro atoms. The molecular formula is C35H49N3O6. The van der Waals surface area contributed by atoms with Crippen LogP contribution in [0.1, 0.15) is 64.7 Å². The Bertz CT molecular complexity index is 1260. The number of likely N-dealkylation sites (tertiary alicyclic amines) is 1. The molecule has 4 rings (SSSR count). The molecular weight excluding hydrogens is 558 g/mol. The number of benzene rings is 2. The Kier molecular flexibility index (Phi) is 10.9. The summed E-state index contributed by atoms with van der Waals surface area (Å²) in [4.78, 5) is 44.6. The first kappa shape index (κ1) is 33.3. The number of rotatable bonds is 8. The van der Waals surface area contributed by atoms with Crippen LogP contribution < -0.4 is 0 Å². The Morgan fingerprint density at radius 1 is 0.750 bits per heavy atom. The smallest absolute Gasteiger partial charge is 0.410 e. The minimum atomic E-state index is -0.600. The van der Waals surface area contributed by atoms with Gasteiger partial charge in [0.15, 0.2) is 0 Å². The first-order valence-electron chi connectivity index (χ1n) is 15.7. The lowest BCUT2D eigenvalue weighted by molar-refractivity contribution is -0.162. The molecule has 0 saturated carbocycles. The standard InChI is InChI=1S/C35H49N3O6/c1-34(2,3)43-31(39)30(29-15-16-38(24-29)33(41)44-35(4,5)6)22-27-13-10-14-28(21-27)23-36-17-19-37(20-18-36)32(40)42-25-26-11-8-7-9-12-26/h7-14,21,29-30H,15-20,22-25H2,1-6H3/t29-,30-/m0/s1. The molecule has 2 aromatic carbocycles. The molecule has 0 bridgehead atoms. The number of ether oxygens (including phenoxy) is 3. The molecule has 0 unspecified atom stereocenters. The van der Waals surface area contributed by atoms with Gasteiger partial charge in [-0.25, -0.2) is 9.59 Å². The molecule has 0 aromatic heterocycles. The van der Waals surface area contributed by atoms with Crippen LogP contribution in [0.3, 0.4) is 0 Å². The van der Waals surface area contributed by atoms with E-state index < -0.39 is 11.2 Å². The fourth-order valence-corrected chi connectivity index (χ4v) is 5.69. The summed E-state index contributed by atoms with van der Waals surface area (Å²) in [5.74, 6) is -0.618. The molecule has 9 heteroatoms. The van der Waals surface area contributed by atoms with Crippen molar-refractivity contribution in [3.63, 3.8) is 0 Å². The fraction of sp³-hybridized carbons (Fsp3) is 0.571. The molecule has 44 heavy (non-hydrogen) atoms. The zero-order valence-corrected chi connectivity index (χ0v) is 27.2. The quantitative estimate of drug-likeness (QED) is 0.273. The second-order valence-corrected chi connectivity index (χ2v) is 13.9. The van der Waals surface area contributed by atoms with E-state index in [-0.39, 0.29) is 36.6 Å². The van der Waals surface area contributed by atoms with E-state index in [1.54, 1.807) is 9.80 Å². The van der Waals surface area contributed by atoms with Crippen LogP contribution in [0.25, 0.3) is 0 Å². The van der Waals surface area contributed by atoms with Crippen molar-refractivity contribution in [1.29, 1.82) is 0 Å². The lowest BCUT2D eigenvalue weighted by Crippen LogP contribution is -2.48. The van der Waals surface area contributed by atoms with Crippen molar-refractivity contribution in [3.8, 4) is 0 Å². The van der Waals surface area contributed by atoms with Crippen molar-refractivity contribution >= 4 is 18.2 Å². The third-order valence-corrected chi connectivity index (χ3v) is 7.84. The van der Waals surface area contributed by atoms with Gasteiger partial charge < -0.3 is 24.0 Å². The maximum atomic E-state index is 13.5. The van der Waals surface area contributed by atoms with Gasteiger partial charge in [0.2, 0.25) is 0 Å². The second kappa shape index (κ2) is 14.5. The zero-order valence-electron chi connectivity index (χ0n) is 27.2. The average molecular weight is 608 g/mol. The van der Waals surface area contributed by atoms with E-state index in [4.69, 9.17) is 14.2 Å². The van der Waals surface area contributed by atoms with E-state index in [0.29, 0.717) is 32.6 Å². The third kappa shape index (κ3) is 10.3. The monoisotopic (exact) mass is 607 g/mol. The number of carbonyl (C=O) groups is 3. The summed E-state index contributed by atoms with van der Waals surface area (Å²) in [6.07, 6.45) is 0.646. The van der Waals surface area contributed by atoms with Crippen molar-refractivity contribution in [1.82, 2.24) is 14.7 Å². The number of nitrogens with zero attached hydrogens (tertiary/aromatic N) is 3. The number of esters is 1. The predicted octanol–water partition coefficient (Wildman–Crippen LogP) is 5.90. The van der Waals surface area contributed by atoms with Gasteiger partial charge in [-0.1, -0.05) is 54.6 Å². The highest BCUT2D eigenvalue weighted by Crippen LogP contribution is 2.31.